The molecule has 0 aliphatic rings. The lowest BCUT2D eigenvalue weighted by atomic mass is 10.3. The van der Waals surface area contributed by atoms with E-state index in [2.05, 4.69) is 36.5 Å². The summed E-state index contributed by atoms with van der Waals surface area (Å²) in [6.07, 6.45) is 2.93. The van der Waals surface area contributed by atoms with Crippen LogP contribution in [0, 0.1) is 0 Å². The molecule has 0 aliphatic heterocycles. The van der Waals surface area contributed by atoms with E-state index >= 15 is 0 Å². The molecule has 2 N–H and O–H groups in total. The molecule has 1 aromatic heterocycles. The lowest BCUT2D eigenvalue weighted by Crippen LogP contribution is -2.29. The molecule has 0 radical (unpaired) electrons. The summed E-state index contributed by atoms with van der Waals surface area (Å²) in [4.78, 5) is 30.9. The van der Waals surface area contributed by atoms with Crippen molar-refractivity contribution in [2.45, 2.75) is 0 Å². The number of carbonyl (C=O) groups excluding carboxylic acids is 2. The van der Waals surface area contributed by atoms with E-state index in [4.69, 9.17) is 0 Å². The first-order chi connectivity index (χ1) is 9.16. The Balaban J connectivity index is 2.01. The molecule has 96 valence electrons. The Hall–Kier alpha value is -2.28. The zero-order valence-electron chi connectivity index (χ0n) is 9.63. The summed E-state index contributed by atoms with van der Waals surface area (Å²) in [5, 5.41) is 4.77. The van der Waals surface area contributed by atoms with Gasteiger partial charge in [-0.05, 0) is 34.1 Å². The number of amides is 2. The predicted octanol–water partition coefficient (Wildman–Crippen LogP) is 1.82. The van der Waals surface area contributed by atoms with Gasteiger partial charge in [-0.2, -0.15) is 0 Å². The Labute approximate surface area is 117 Å². The average Bonchev–Trinajstić information content (AvgIpc) is 2.42. The van der Waals surface area contributed by atoms with Gasteiger partial charge in [0.15, 0.2) is 0 Å². The molecule has 2 amide bonds. The van der Waals surface area contributed by atoms with Crippen LogP contribution in [0.4, 0.5) is 11.6 Å². The predicted molar refractivity (Wildman–Crippen MR) is 73.4 cm³/mol. The summed E-state index contributed by atoms with van der Waals surface area (Å²) >= 11 is 3.27. The second-order valence-electron chi connectivity index (χ2n) is 3.46. The van der Waals surface area contributed by atoms with Gasteiger partial charge in [-0.25, -0.2) is 9.97 Å². The highest BCUT2D eigenvalue weighted by atomic mass is 79.9. The summed E-state index contributed by atoms with van der Waals surface area (Å²) in [5.74, 6) is -1.55. The summed E-state index contributed by atoms with van der Waals surface area (Å²) in [6, 6.07) is 8.59. The fourth-order valence-electron chi connectivity index (χ4n) is 1.26. The SMILES string of the molecule is O=C(Nc1ncccn1)C(=O)Nc1ccccc1Br. The average molecular weight is 321 g/mol. The van der Waals surface area contributed by atoms with Crippen molar-refractivity contribution in [2.75, 3.05) is 10.6 Å². The molecule has 6 nitrogen and oxygen atoms in total. The Morgan fingerprint density at radius 3 is 2.26 bits per heavy atom. The molecule has 0 spiro atoms. The number of hydrogen-bond acceptors (Lipinski definition) is 4. The van der Waals surface area contributed by atoms with E-state index in [0.29, 0.717) is 10.2 Å². The van der Waals surface area contributed by atoms with E-state index in [1.54, 1.807) is 30.3 Å². The minimum Gasteiger partial charge on any atom is -0.317 e. The number of anilines is 2. The fourth-order valence-corrected chi connectivity index (χ4v) is 1.65. The van der Waals surface area contributed by atoms with Crippen molar-refractivity contribution in [1.82, 2.24) is 9.97 Å². The van der Waals surface area contributed by atoms with Gasteiger partial charge in [0.25, 0.3) is 0 Å². The number of nitrogens with one attached hydrogen (secondary N) is 2. The first-order valence-corrected chi connectivity index (χ1v) is 6.10. The van der Waals surface area contributed by atoms with E-state index in [0.717, 1.165) is 0 Å². The molecule has 2 rings (SSSR count). The first-order valence-electron chi connectivity index (χ1n) is 5.30. The van der Waals surface area contributed by atoms with Gasteiger partial charge in [-0.3, -0.25) is 14.9 Å². The van der Waals surface area contributed by atoms with Crippen molar-refractivity contribution < 1.29 is 9.59 Å². The largest absolute Gasteiger partial charge is 0.317 e. The smallest absolute Gasteiger partial charge is 0.316 e. The number of benzene rings is 1. The van der Waals surface area contributed by atoms with Crippen LogP contribution in [0.2, 0.25) is 0 Å². The number of carbonyl (C=O) groups is 2. The third kappa shape index (κ3) is 3.59. The molecule has 7 heteroatoms. The lowest BCUT2D eigenvalue weighted by molar-refractivity contribution is -0.133. The van der Waals surface area contributed by atoms with Gasteiger partial charge in [0.05, 0.1) is 5.69 Å². The minimum atomic E-state index is -0.832. The van der Waals surface area contributed by atoms with E-state index < -0.39 is 11.8 Å². The van der Waals surface area contributed by atoms with Crippen molar-refractivity contribution in [3.63, 3.8) is 0 Å². The number of nitrogens with zero attached hydrogens (tertiary/aromatic N) is 2. The Morgan fingerprint density at radius 2 is 1.58 bits per heavy atom. The number of hydrogen-bond donors (Lipinski definition) is 2. The number of rotatable bonds is 2. The van der Waals surface area contributed by atoms with Crippen LogP contribution in [0.15, 0.2) is 47.2 Å². The topological polar surface area (TPSA) is 84.0 Å². The maximum atomic E-state index is 11.7. The van der Waals surface area contributed by atoms with Gasteiger partial charge in [-0.1, -0.05) is 12.1 Å². The molecule has 1 heterocycles. The summed E-state index contributed by atoms with van der Waals surface area (Å²) in [7, 11) is 0. The van der Waals surface area contributed by atoms with Crippen LogP contribution in [0.3, 0.4) is 0 Å². The molecular formula is C12H9BrN4O2. The van der Waals surface area contributed by atoms with Gasteiger partial charge < -0.3 is 5.32 Å². The van der Waals surface area contributed by atoms with Crippen molar-refractivity contribution in [3.05, 3.63) is 47.2 Å². The fraction of sp³-hybridized carbons (Fsp3) is 0. The van der Waals surface area contributed by atoms with Crippen molar-refractivity contribution in [2.24, 2.45) is 0 Å². The van der Waals surface area contributed by atoms with Crippen LogP contribution >= 0.6 is 15.9 Å². The molecule has 0 aliphatic carbocycles. The van der Waals surface area contributed by atoms with E-state index in [-0.39, 0.29) is 5.95 Å². The van der Waals surface area contributed by atoms with Gasteiger partial charge in [0, 0.05) is 16.9 Å². The molecular weight excluding hydrogens is 312 g/mol. The van der Waals surface area contributed by atoms with E-state index in [1.807, 2.05) is 0 Å². The molecule has 1 aromatic carbocycles. The van der Waals surface area contributed by atoms with Gasteiger partial charge in [0.2, 0.25) is 5.95 Å². The molecule has 0 fully saturated rings. The second-order valence-corrected chi connectivity index (χ2v) is 4.31. The Bertz CT molecular complexity index is 604. The number of halogens is 1. The quantitative estimate of drug-likeness (QED) is 0.827. The van der Waals surface area contributed by atoms with Crippen LogP contribution < -0.4 is 10.6 Å². The lowest BCUT2D eigenvalue weighted by Gasteiger charge is -2.06. The molecule has 0 atom stereocenters. The molecule has 0 unspecified atom stereocenters. The Morgan fingerprint density at radius 1 is 0.947 bits per heavy atom. The highest BCUT2D eigenvalue weighted by Crippen LogP contribution is 2.20. The number of para-hydroxylation sites is 1. The van der Waals surface area contributed by atoms with Crippen LogP contribution in [0.5, 0.6) is 0 Å². The summed E-state index contributed by atoms with van der Waals surface area (Å²) in [6.45, 7) is 0. The third-order valence-corrected chi connectivity index (χ3v) is 2.81. The molecule has 19 heavy (non-hydrogen) atoms. The monoisotopic (exact) mass is 320 g/mol. The van der Waals surface area contributed by atoms with E-state index in [1.165, 1.54) is 12.4 Å². The molecule has 0 saturated heterocycles. The molecule has 0 bridgehead atoms. The second kappa shape index (κ2) is 6.05. The van der Waals surface area contributed by atoms with Crippen LogP contribution in [-0.2, 0) is 9.59 Å². The van der Waals surface area contributed by atoms with Gasteiger partial charge in [0.1, 0.15) is 0 Å². The maximum Gasteiger partial charge on any atom is 0.316 e. The molecule has 2 aromatic rings. The zero-order valence-corrected chi connectivity index (χ0v) is 11.2. The van der Waals surface area contributed by atoms with E-state index in [9.17, 15) is 9.59 Å². The number of aromatic nitrogens is 2. The van der Waals surface area contributed by atoms with Crippen molar-refractivity contribution in [3.8, 4) is 0 Å². The highest BCUT2D eigenvalue weighted by Gasteiger charge is 2.15. The summed E-state index contributed by atoms with van der Waals surface area (Å²) in [5.41, 5.74) is 0.511. The molecule has 0 saturated carbocycles. The maximum absolute atomic E-state index is 11.7. The zero-order chi connectivity index (χ0) is 13.7. The van der Waals surface area contributed by atoms with Gasteiger partial charge in [-0.15, -0.1) is 0 Å². The third-order valence-electron chi connectivity index (χ3n) is 2.12. The van der Waals surface area contributed by atoms with Crippen molar-refractivity contribution in [1.29, 1.82) is 0 Å². The highest BCUT2D eigenvalue weighted by molar-refractivity contribution is 9.10. The van der Waals surface area contributed by atoms with Crippen molar-refractivity contribution >= 4 is 39.4 Å². The van der Waals surface area contributed by atoms with Crippen LogP contribution in [0.1, 0.15) is 0 Å². The summed E-state index contributed by atoms with van der Waals surface area (Å²) < 4.78 is 0.687. The first kappa shape index (κ1) is 13.2. The van der Waals surface area contributed by atoms with Crippen LogP contribution in [0.25, 0.3) is 0 Å². The minimum absolute atomic E-state index is 0.0785. The van der Waals surface area contributed by atoms with Crippen LogP contribution in [-0.4, -0.2) is 21.8 Å². The normalized spacial score (nSPS) is 9.74. The van der Waals surface area contributed by atoms with Gasteiger partial charge >= 0.3 is 11.8 Å². The standard InChI is InChI=1S/C12H9BrN4O2/c13-8-4-1-2-5-9(8)16-10(18)11(19)17-12-14-6-3-7-15-12/h1-7H,(H,16,18)(H,14,15,17,19). The Kier molecular flexibility index (Phi) is 4.19.